The molecule has 6 aromatic rings. The van der Waals surface area contributed by atoms with Crippen molar-refractivity contribution in [3.05, 3.63) is 125 Å². The Morgan fingerprint density at radius 3 is 2.48 bits per heavy atom. The Bertz CT molecular complexity index is 1850. The molecule has 8 heteroatoms. The van der Waals surface area contributed by atoms with E-state index in [0.717, 1.165) is 27.6 Å². The minimum absolute atomic E-state index is 0.174. The number of amides is 1. The van der Waals surface area contributed by atoms with Gasteiger partial charge in [-0.1, -0.05) is 66.2 Å². The SMILES string of the molecule is O=C(NC(=S)Nc1ccc2oc(-c3cccc4c(Cl)cccc34)nc2c1)c1ccc(COc2ccccc2)cc1. The summed E-state index contributed by atoms with van der Waals surface area (Å²) in [6, 6.07) is 33.8. The number of carbonyl (C=O) groups excluding carboxylic acids is 1. The molecule has 0 spiro atoms. The molecule has 0 aliphatic carbocycles. The van der Waals surface area contributed by atoms with Crippen LogP contribution in [-0.4, -0.2) is 16.0 Å². The van der Waals surface area contributed by atoms with Crippen molar-refractivity contribution in [2.24, 2.45) is 0 Å². The minimum atomic E-state index is -0.313. The smallest absolute Gasteiger partial charge is 0.257 e. The van der Waals surface area contributed by atoms with Crippen molar-refractivity contribution in [3.8, 4) is 17.2 Å². The summed E-state index contributed by atoms with van der Waals surface area (Å²) in [5.41, 5.74) is 4.25. The highest BCUT2D eigenvalue weighted by Gasteiger charge is 2.14. The molecule has 0 radical (unpaired) electrons. The van der Waals surface area contributed by atoms with E-state index in [2.05, 4.69) is 10.6 Å². The molecule has 0 saturated heterocycles. The van der Waals surface area contributed by atoms with Crippen LogP contribution in [0.3, 0.4) is 0 Å². The second kappa shape index (κ2) is 11.2. The second-order valence-electron chi connectivity index (χ2n) is 9.05. The highest BCUT2D eigenvalue weighted by molar-refractivity contribution is 7.80. The Kier molecular flexibility index (Phi) is 7.14. The molecule has 1 heterocycles. The van der Waals surface area contributed by atoms with E-state index in [4.69, 9.17) is 38.0 Å². The topological polar surface area (TPSA) is 76.4 Å². The van der Waals surface area contributed by atoms with Gasteiger partial charge in [0, 0.05) is 27.2 Å². The highest BCUT2D eigenvalue weighted by Crippen LogP contribution is 2.34. The third kappa shape index (κ3) is 5.52. The van der Waals surface area contributed by atoms with Crippen molar-refractivity contribution in [1.82, 2.24) is 10.3 Å². The zero-order chi connectivity index (χ0) is 27.5. The standard InChI is InChI=1S/C32H22ClN3O3S/c33-27-11-5-8-24-25(27)9-4-10-26(24)31-35-28-18-22(16-17-29(28)39-31)34-32(40)36-30(37)21-14-12-20(13-15-21)19-38-23-6-2-1-3-7-23/h1-18H,19H2,(H2,34,36,37,40). The van der Waals surface area contributed by atoms with Gasteiger partial charge in [-0.15, -0.1) is 0 Å². The van der Waals surface area contributed by atoms with Crippen molar-refractivity contribution in [2.45, 2.75) is 6.61 Å². The quantitative estimate of drug-likeness (QED) is 0.200. The molecule has 0 unspecified atom stereocenters. The average molecular weight is 564 g/mol. The lowest BCUT2D eigenvalue weighted by molar-refractivity contribution is 0.0977. The molecule has 0 bridgehead atoms. The molecule has 0 aliphatic rings. The van der Waals surface area contributed by atoms with Gasteiger partial charge in [0.05, 0.1) is 0 Å². The molecule has 0 aliphatic heterocycles. The Balaban J connectivity index is 1.11. The Hall–Kier alpha value is -4.72. The number of nitrogens with zero attached hydrogens (tertiary/aromatic N) is 1. The van der Waals surface area contributed by atoms with Crippen molar-refractivity contribution in [2.75, 3.05) is 5.32 Å². The van der Waals surface area contributed by atoms with E-state index in [1.807, 2.05) is 97.1 Å². The number of benzene rings is 5. The monoisotopic (exact) mass is 563 g/mol. The molecule has 0 atom stereocenters. The van der Waals surface area contributed by atoms with Crippen LogP contribution in [0.25, 0.3) is 33.3 Å². The zero-order valence-corrected chi connectivity index (χ0v) is 22.6. The van der Waals surface area contributed by atoms with Gasteiger partial charge in [0.2, 0.25) is 5.89 Å². The molecule has 196 valence electrons. The first-order chi connectivity index (χ1) is 19.5. The molecule has 0 saturated carbocycles. The number of rotatable bonds is 6. The van der Waals surface area contributed by atoms with E-state index in [9.17, 15) is 4.79 Å². The number of para-hydroxylation sites is 1. The predicted molar refractivity (Wildman–Crippen MR) is 163 cm³/mol. The number of nitrogens with one attached hydrogen (secondary N) is 2. The van der Waals surface area contributed by atoms with E-state index in [-0.39, 0.29) is 11.0 Å². The predicted octanol–water partition coefficient (Wildman–Crippen LogP) is 8.01. The van der Waals surface area contributed by atoms with E-state index >= 15 is 0 Å². The van der Waals surface area contributed by atoms with E-state index in [1.54, 1.807) is 12.1 Å². The number of carbonyl (C=O) groups is 1. The number of anilines is 1. The fourth-order valence-electron chi connectivity index (χ4n) is 4.35. The third-order valence-corrected chi connectivity index (χ3v) is 6.87. The first kappa shape index (κ1) is 25.6. The first-order valence-electron chi connectivity index (χ1n) is 12.5. The second-order valence-corrected chi connectivity index (χ2v) is 9.86. The van der Waals surface area contributed by atoms with Gasteiger partial charge in [0.15, 0.2) is 10.7 Å². The lowest BCUT2D eigenvalue weighted by atomic mass is 10.0. The number of hydrogen-bond acceptors (Lipinski definition) is 5. The number of fused-ring (bicyclic) bond motifs is 2. The molecule has 5 aromatic carbocycles. The van der Waals surface area contributed by atoms with Crippen LogP contribution in [-0.2, 0) is 6.61 Å². The van der Waals surface area contributed by atoms with Crippen molar-refractivity contribution in [3.63, 3.8) is 0 Å². The van der Waals surface area contributed by atoms with Gasteiger partial charge in [-0.2, -0.15) is 0 Å². The maximum atomic E-state index is 12.7. The van der Waals surface area contributed by atoms with Crippen LogP contribution < -0.4 is 15.4 Å². The van der Waals surface area contributed by atoms with Crippen LogP contribution >= 0.6 is 23.8 Å². The van der Waals surface area contributed by atoms with Gasteiger partial charge in [0.25, 0.3) is 5.91 Å². The van der Waals surface area contributed by atoms with Crippen molar-refractivity contribution >= 4 is 62.4 Å². The van der Waals surface area contributed by atoms with E-state index in [1.165, 1.54) is 0 Å². The Labute approximate surface area is 240 Å². The molecule has 0 fully saturated rings. The fourth-order valence-corrected chi connectivity index (χ4v) is 4.80. The summed E-state index contributed by atoms with van der Waals surface area (Å²) in [5, 5.41) is 8.51. The maximum absolute atomic E-state index is 12.7. The van der Waals surface area contributed by atoms with Gasteiger partial charge in [-0.3, -0.25) is 10.1 Å². The van der Waals surface area contributed by atoms with Gasteiger partial charge >= 0.3 is 0 Å². The van der Waals surface area contributed by atoms with E-state index in [0.29, 0.717) is 39.9 Å². The number of ether oxygens (including phenoxy) is 1. The molecular weight excluding hydrogens is 542 g/mol. The Morgan fingerprint density at radius 2 is 1.65 bits per heavy atom. The van der Waals surface area contributed by atoms with Crippen LogP contribution in [0.4, 0.5) is 5.69 Å². The summed E-state index contributed by atoms with van der Waals surface area (Å²) in [4.78, 5) is 17.4. The summed E-state index contributed by atoms with van der Waals surface area (Å²) in [5.74, 6) is 0.972. The number of halogens is 1. The highest BCUT2D eigenvalue weighted by atomic mass is 35.5. The molecular formula is C32H22ClN3O3S. The number of thiocarbonyl (C=S) groups is 1. The number of oxazole rings is 1. The average Bonchev–Trinajstić information content (AvgIpc) is 3.40. The lowest BCUT2D eigenvalue weighted by Gasteiger charge is -2.10. The van der Waals surface area contributed by atoms with Crippen LogP contribution in [0.1, 0.15) is 15.9 Å². The summed E-state index contributed by atoms with van der Waals surface area (Å²) >= 11 is 11.8. The summed E-state index contributed by atoms with van der Waals surface area (Å²) in [6.45, 7) is 0.409. The van der Waals surface area contributed by atoms with E-state index < -0.39 is 0 Å². The summed E-state index contributed by atoms with van der Waals surface area (Å²) in [6.07, 6.45) is 0. The zero-order valence-electron chi connectivity index (χ0n) is 21.1. The number of aromatic nitrogens is 1. The molecule has 6 nitrogen and oxygen atoms in total. The molecule has 2 N–H and O–H groups in total. The third-order valence-electron chi connectivity index (χ3n) is 6.34. The number of hydrogen-bond donors (Lipinski definition) is 2. The normalized spacial score (nSPS) is 10.9. The van der Waals surface area contributed by atoms with Crippen molar-refractivity contribution < 1.29 is 13.9 Å². The minimum Gasteiger partial charge on any atom is -0.489 e. The maximum Gasteiger partial charge on any atom is 0.257 e. The first-order valence-corrected chi connectivity index (χ1v) is 13.3. The van der Waals surface area contributed by atoms with Gasteiger partial charge in [-0.25, -0.2) is 4.98 Å². The van der Waals surface area contributed by atoms with Crippen LogP contribution in [0, 0.1) is 0 Å². The van der Waals surface area contributed by atoms with Crippen LogP contribution in [0.15, 0.2) is 114 Å². The molecule has 1 amide bonds. The summed E-state index contributed by atoms with van der Waals surface area (Å²) in [7, 11) is 0. The van der Waals surface area contributed by atoms with Crippen LogP contribution in [0.2, 0.25) is 5.02 Å². The fraction of sp³-hybridized carbons (Fsp3) is 0.0312. The Morgan fingerprint density at radius 1 is 0.875 bits per heavy atom. The molecule has 40 heavy (non-hydrogen) atoms. The lowest BCUT2D eigenvalue weighted by Crippen LogP contribution is -2.34. The molecule has 1 aromatic heterocycles. The van der Waals surface area contributed by atoms with Gasteiger partial charge in [-0.05, 0) is 77.8 Å². The van der Waals surface area contributed by atoms with Crippen molar-refractivity contribution in [1.29, 1.82) is 0 Å². The summed E-state index contributed by atoms with van der Waals surface area (Å²) < 4.78 is 11.8. The molecule has 6 rings (SSSR count). The largest absolute Gasteiger partial charge is 0.489 e. The van der Waals surface area contributed by atoms with Crippen LogP contribution in [0.5, 0.6) is 5.75 Å². The van der Waals surface area contributed by atoms with Gasteiger partial charge in [0.1, 0.15) is 17.9 Å². The van der Waals surface area contributed by atoms with Gasteiger partial charge < -0.3 is 14.5 Å².